The van der Waals surface area contributed by atoms with Gasteiger partial charge in [-0.15, -0.1) is 0 Å². The number of nitrogens with zero attached hydrogens (tertiary/aromatic N) is 1. The first-order valence-electron chi connectivity index (χ1n) is 10.5. The third kappa shape index (κ3) is 5.89. The van der Waals surface area contributed by atoms with Crippen LogP contribution in [0.25, 0.3) is 16.5 Å². The van der Waals surface area contributed by atoms with Gasteiger partial charge in [-0.05, 0) is 51.5 Å². The van der Waals surface area contributed by atoms with Crippen LogP contribution in [0, 0.1) is 0 Å². The van der Waals surface area contributed by atoms with Crippen molar-refractivity contribution >= 4 is 38.4 Å². The molecule has 0 bridgehead atoms. The van der Waals surface area contributed by atoms with Crippen LogP contribution in [0.3, 0.4) is 0 Å². The fourth-order valence-electron chi connectivity index (χ4n) is 3.11. The molecule has 0 spiro atoms. The Balaban J connectivity index is 2.56. The number of hydrogen-bond donors (Lipinski definition) is 1. The van der Waals surface area contributed by atoms with Gasteiger partial charge in [-0.1, -0.05) is 6.92 Å². The molecule has 0 radical (unpaired) electrons. The average Bonchev–Trinajstić information content (AvgIpc) is 3.18. The number of allylic oxidation sites excluding steroid dienone is 1. The molecular weight excluding hydrogens is 436 g/mol. The van der Waals surface area contributed by atoms with Gasteiger partial charge in [0.15, 0.2) is 17.9 Å². The molecule has 10 heteroatoms. The SMILES string of the molecule is CCNS(=O)(=O)c1ccc(OCC(=O)OCC)c2oc(/C(C)=C\C(=O)N(CC)CC)cc12. The maximum absolute atomic E-state index is 12.7. The van der Waals surface area contributed by atoms with Gasteiger partial charge < -0.3 is 18.8 Å². The molecule has 0 unspecified atom stereocenters. The van der Waals surface area contributed by atoms with Crippen LogP contribution in [0.15, 0.2) is 33.6 Å². The fraction of sp³-hybridized carbons (Fsp3) is 0.455. The quantitative estimate of drug-likeness (QED) is 0.400. The zero-order valence-electron chi connectivity index (χ0n) is 19.1. The summed E-state index contributed by atoms with van der Waals surface area (Å²) in [4.78, 5) is 25.8. The third-order valence-corrected chi connectivity index (χ3v) is 6.29. The monoisotopic (exact) mass is 466 g/mol. The van der Waals surface area contributed by atoms with E-state index >= 15 is 0 Å². The van der Waals surface area contributed by atoms with Crippen LogP contribution in [0.2, 0.25) is 0 Å². The Morgan fingerprint density at radius 2 is 1.84 bits per heavy atom. The maximum atomic E-state index is 12.7. The van der Waals surface area contributed by atoms with Gasteiger partial charge in [0.2, 0.25) is 15.9 Å². The van der Waals surface area contributed by atoms with Crippen molar-refractivity contribution in [2.24, 2.45) is 0 Å². The first-order valence-corrected chi connectivity index (χ1v) is 12.0. The van der Waals surface area contributed by atoms with Crippen LogP contribution >= 0.6 is 0 Å². The van der Waals surface area contributed by atoms with Crippen molar-refractivity contribution in [1.82, 2.24) is 9.62 Å². The van der Waals surface area contributed by atoms with E-state index in [0.29, 0.717) is 24.4 Å². The van der Waals surface area contributed by atoms with E-state index in [-0.39, 0.29) is 47.3 Å². The Bertz CT molecular complexity index is 1100. The summed E-state index contributed by atoms with van der Waals surface area (Å²) in [7, 11) is -3.80. The minimum absolute atomic E-state index is 0.00991. The lowest BCUT2D eigenvalue weighted by molar-refractivity contribution is -0.145. The van der Waals surface area contributed by atoms with Crippen molar-refractivity contribution in [3.63, 3.8) is 0 Å². The molecule has 0 fully saturated rings. The molecule has 176 valence electrons. The number of carbonyl (C=O) groups excluding carboxylic acids is 2. The number of nitrogens with one attached hydrogen (secondary N) is 1. The number of amides is 1. The molecule has 0 aliphatic rings. The Morgan fingerprint density at radius 3 is 2.44 bits per heavy atom. The Kier molecular flexibility index (Phi) is 8.85. The topological polar surface area (TPSA) is 115 Å². The number of fused-ring (bicyclic) bond motifs is 1. The van der Waals surface area contributed by atoms with Crippen molar-refractivity contribution in [2.45, 2.75) is 39.5 Å². The van der Waals surface area contributed by atoms with E-state index in [1.54, 1.807) is 31.7 Å². The van der Waals surface area contributed by atoms with E-state index in [9.17, 15) is 18.0 Å². The summed E-state index contributed by atoms with van der Waals surface area (Å²) in [5.41, 5.74) is 0.688. The van der Waals surface area contributed by atoms with Crippen molar-refractivity contribution in [2.75, 3.05) is 32.8 Å². The molecule has 1 aromatic heterocycles. The lowest BCUT2D eigenvalue weighted by Crippen LogP contribution is -2.28. The summed E-state index contributed by atoms with van der Waals surface area (Å²) in [5.74, 6) is -0.219. The Morgan fingerprint density at radius 1 is 1.16 bits per heavy atom. The molecule has 1 amide bonds. The van der Waals surface area contributed by atoms with Gasteiger partial charge in [0.25, 0.3) is 0 Å². The molecule has 1 N–H and O–H groups in total. The summed E-state index contributed by atoms with van der Waals surface area (Å²) >= 11 is 0. The molecular formula is C22H30N2O7S. The molecule has 0 aliphatic carbocycles. The lowest BCUT2D eigenvalue weighted by atomic mass is 10.2. The number of rotatable bonds is 11. The van der Waals surface area contributed by atoms with Gasteiger partial charge in [0, 0.05) is 31.1 Å². The van der Waals surface area contributed by atoms with E-state index in [0.717, 1.165) is 0 Å². The standard InChI is InChI=1S/C22H30N2O7S/c1-6-23-32(27,28)19-11-10-17(30-14-21(26)29-9-4)22-16(19)13-18(31-22)15(5)12-20(25)24(7-2)8-3/h10-13,23H,6-9,14H2,1-5H3/b15-12-. The molecule has 2 rings (SSSR count). The highest BCUT2D eigenvalue weighted by atomic mass is 32.2. The van der Waals surface area contributed by atoms with Gasteiger partial charge in [-0.2, -0.15) is 0 Å². The van der Waals surface area contributed by atoms with E-state index in [1.807, 2.05) is 13.8 Å². The smallest absolute Gasteiger partial charge is 0.344 e. The van der Waals surface area contributed by atoms with Crippen LogP contribution in [-0.4, -0.2) is 58.0 Å². The summed E-state index contributed by atoms with van der Waals surface area (Å²) < 4.78 is 44.1. The first kappa shape index (κ1) is 25.4. The Hall–Kier alpha value is -2.85. The van der Waals surface area contributed by atoms with Crippen LogP contribution in [0.4, 0.5) is 0 Å². The molecule has 0 atom stereocenters. The van der Waals surface area contributed by atoms with E-state index < -0.39 is 16.0 Å². The van der Waals surface area contributed by atoms with Crippen molar-refractivity contribution in [1.29, 1.82) is 0 Å². The largest absolute Gasteiger partial charge is 0.478 e. The first-order chi connectivity index (χ1) is 15.2. The average molecular weight is 467 g/mol. The summed E-state index contributed by atoms with van der Waals surface area (Å²) in [6, 6.07) is 4.37. The zero-order chi connectivity index (χ0) is 23.9. The number of esters is 1. The van der Waals surface area contributed by atoms with Crippen LogP contribution in [-0.2, 0) is 24.3 Å². The second-order valence-electron chi connectivity index (χ2n) is 6.85. The summed E-state index contributed by atoms with van der Waals surface area (Å²) in [6.07, 6.45) is 1.45. The molecule has 0 aliphatic heterocycles. The number of hydrogen-bond acceptors (Lipinski definition) is 7. The molecule has 1 aromatic carbocycles. The highest BCUT2D eigenvalue weighted by molar-refractivity contribution is 7.89. The van der Waals surface area contributed by atoms with Crippen molar-refractivity contribution < 1.29 is 31.9 Å². The van der Waals surface area contributed by atoms with Crippen molar-refractivity contribution in [3.8, 4) is 5.75 Å². The molecule has 9 nitrogen and oxygen atoms in total. The van der Waals surface area contributed by atoms with E-state index in [1.165, 1.54) is 18.2 Å². The van der Waals surface area contributed by atoms with Crippen LogP contribution < -0.4 is 9.46 Å². The number of furan rings is 1. The van der Waals surface area contributed by atoms with Gasteiger partial charge in [0.05, 0.1) is 11.5 Å². The molecule has 32 heavy (non-hydrogen) atoms. The second-order valence-corrected chi connectivity index (χ2v) is 8.58. The minimum Gasteiger partial charge on any atom is -0.478 e. The highest BCUT2D eigenvalue weighted by Gasteiger charge is 2.23. The number of likely N-dealkylation sites (N-methyl/N-ethyl adjacent to an activating group) is 1. The predicted octanol–water partition coefficient (Wildman–Crippen LogP) is 2.94. The summed E-state index contributed by atoms with van der Waals surface area (Å²) in [5, 5.41) is 0.283. The van der Waals surface area contributed by atoms with E-state index in [4.69, 9.17) is 13.9 Å². The maximum Gasteiger partial charge on any atom is 0.344 e. The molecule has 0 saturated carbocycles. The van der Waals surface area contributed by atoms with Gasteiger partial charge in [-0.25, -0.2) is 17.9 Å². The van der Waals surface area contributed by atoms with Gasteiger partial charge in [0.1, 0.15) is 5.76 Å². The molecule has 1 heterocycles. The normalized spacial score (nSPS) is 12.1. The molecule has 0 saturated heterocycles. The summed E-state index contributed by atoms with van der Waals surface area (Å²) in [6.45, 7) is 10.0. The minimum atomic E-state index is -3.80. The highest BCUT2D eigenvalue weighted by Crippen LogP contribution is 2.36. The van der Waals surface area contributed by atoms with E-state index in [2.05, 4.69) is 4.72 Å². The van der Waals surface area contributed by atoms with Gasteiger partial charge in [-0.3, -0.25) is 4.79 Å². The predicted molar refractivity (Wildman–Crippen MR) is 121 cm³/mol. The number of ether oxygens (including phenoxy) is 2. The number of benzene rings is 1. The Labute approximate surface area is 188 Å². The van der Waals surface area contributed by atoms with Gasteiger partial charge >= 0.3 is 5.97 Å². The lowest BCUT2D eigenvalue weighted by Gasteiger charge is -2.16. The zero-order valence-corrected chi connectivity index (χ0v) is 19.9. The van der Waals surface area contributed by atoms with Crippen LogP contribution in [0.1, 0.15) is 40.4 Å². The van der Waals surface area contributed by atoms with Crippen LogP contribution in [0.5, 0.6) is 5.75 Å². The molecule has 2 aromatic rings. The number of sulfonamides is 1. The third-order valence-electron chi connectivity index (χ3n) is 4.69. The second kappa shape index (κ2) is 11.1. The fourth-order valence-corrected chi connectivity index (χ4v) is 4.33. The number of carbonyl (C=O) groups is 2. The van der Waals surface area contributed by atoms with Crippen molar-refractivity contribution in [3.05, 3.63) is 30.0 Å².